The van der Waals surface area contributed by atoms with Crippen molar-refractivity contribution in [3.63, 3.8) is 0 Å². The number of hydrogen-bond donors (Lipinski definition) is 11. The lowest BCUT2D eigenvalue weighted by Gasteiger charge is -2.49. The highest BCUT2D eigenvalue weighted by Crippen LogP contribution is 2.40. The number of ether oxygens (including phenoxy) is 5. The Morgan fingerprint density at radius 3 is 2.29 bits per heavy atom. The van der Waals surface area contributed by atoms with E-state index in [1.807, 2.05) is 4.98 Å². The van der Waals surface area contributed by atoms with Crippen molar-refractivity contribution < 1.29 is 73.5 Å². The van der Waals surface area contributed by atoms with E-state index in [1.54, 1.807) is 0 Å². The summed E-state index contributed by atoms with van der Waals surface area (Å²) in [6.07, 6.45) is -11.9. The zero-order valence-corrected chi connectivity index (χ0v) is 33.6. The molecule has 4 aliphatic rings. The third-order valence-electron chi connectivity index (χ3n) is 11.9. The molecule has 10 N–H and O–H groups in total. The molecule has 5 rings (SSSR count). The number of methoxy groups -OCH3 is 1. The molecular weight excluding hydrogens is 804 g/mol. The molecule has 21 nitrogen and oxygen atoms in total. The summed E-state index contributed by atoms with van der Waals surface area (Å²) in [5, 5.41) is 69.7. The molecule has 1 aromatic rings. The summed E-state index contributed by atoms with van der Waals surface area (Å²) in [7, 11) is 1.15. The average molecular weight is 861 g/mol. The molecule has 2 saturated heterocycles. The standard InChI is InChI=1S/C37H56N4O17S/c1-15-28(45)31(48)29(46)22(55-15)11-18-19(38-33(49)20-12-25(43)41-37(53)39-20)9-17(35(52)54-2)10-21(18)57-36-27(40-26(44)14-59)32(30(47)24(13-42)58-36)56-23(34(50)51)8-16-6-4-3-5-7-16/h12,15-19,21-24,27-32,36,42,45-48,59H,3-11,13-14H2,1-2H3,(H,38,49)(H,40,44)(H,50,51)(H2,39,41,43,53)/t15?,17?,18?,19-,21?,22?,23+,24+,27?,28?,29?,30?,31?,32?,36-/m1/s1. The van der Waals surface area contributed by atoms with E-state index in [0.717, 1.165) is 45.3 Å². The highest BCUT2D eigenvalue weighted by atomic mass is 32.1. The maximum absolute atomic E-state index is 13.6. The highest BCUT2D eigenvalue weighted by molar-refractivity contribution is 7.81. The molecule has 15 atom stereocenters. The summed E-state index contributed by atoms with van der Waals surface area (Å²) >= 11 is 4.06. The van der Waals surface area contributed by atoms with Crippen molar-refractivity contribution in [1.82, 2.24) is 20.6 Å². The molecule has 2 saturated carbocycles. The van der Waals surface area contributed by atoms with Crippen molar-refractivity contribution in [1.29, 1.82) is 0 Å². The maximum Gasteiger partial charge on any atom is 0.332 e. The van der Waals surface area contributed by atoms with Crippen LogP contribution in [0.15, 0.2) is 15.7 Å². The Morgan fingerprint density at radius 1 is 0.949 bits per heavy atom. The van der Waals surface area contributed by atoms with E-state index < -0.39 is 139 Å². The summed E-state index contributed by atoms with van der Waals surface area (Å²) in [6.45, 7) is 0.668. The highest BCUT2D eigenvalue weighted by Gasteiger charge is 2.53. The first-order valence-electron chi connectivity index (χ1n) is 19.8. The number of aliphatic hydroxyl groups is 5. The van der Waals surface area contributed by atoms with E-state index in [-0.39, 0.29) is 37.4 Å². The van der Waals surface area contributed by atoms with Crippen molar-refractivity contribution in [3.05, 3.63) is 32.6 Å². The van der Waals surface area contributed by atoms with Crippen LogP contribution >= 0.6 is 12.6 Å². The van der Waals surface area contributed by atoms with E-state index in [1.165, 1.54) is 6.92 Å². The first-order valence-corrected chi connectivity index (χ1v) is 20.5. The van der Waals surface area contributed by atoms with E-state index >= 15 is 0 Å². The Kier molecular flexibility index (Phi) is 16.5. The van der Waals surface area contributed by atoms with Gasteiger partial charge in [-0.3, -0.25) is 24.2 Å². The number of carbonyl (C=O) groups is 4. The first kappa shape index (κ1) is 46.6. The smallest absolute Gasteiger partial charge is 0.332 e. The Morgan fingerprint density at radius 2 is 1.66 bits per heavy atom. The van der Waals surface area contributed by atoms with Crippen LogP contribution < -0.4 is 21.9 Å². The molecular formula is C37H56N4O17S. The van der Waals surface area contributed by atoms with Gasteiger partial charge < -0.3 is 69.9 Å². The minimum atomic E-state index is -1.69. The minimum Gasteiger partial charge on any atom is -0.479 e. The van der Waals surface area contributed by atoms with Gasteiger partial charge in [-0.2, -0.15) is 12.6 Å². The van der Waals surface area contributed by atoms with Crippen molar-refractivity contribution in [2.75, 3.05) is 19.5 Å². The van der Waals surface area contributed by atoms with Gasteiger partial charge in [0, 0.05) is 18.0 Å². The minimum absolute atomic E-state index is 0.0187. The lowest BCUT2D eigenvalue weighted by Crippen LogP contribution is -2.67. The third-order valence-corrected chi connectivity index (χ3v) is 12.2. The van der Waals surface area contributed by atoms with Gasteiger partial charge in [0.05, 0.1) is 43.7 Å². The van der Waals surface area contributed by atoms with Crippen LogP contribution in [0.25, 0.3) is 0 Å². The Balaban J connectivity index is 1.54. The number of H-pyrrole nitrogens is 2. The number of thiol groups is 1. The van der Waals surface area contributed by atoms with Crippen LogP contribution in [0.5, 0.6) is 0 Å². The van der Waals surface area contributed by atoms with Crippen LogP contribution in [-0.2, 0) is 38.1 Å². The predicted molar refractivity (Wildman–Crippen MR) is 204 cm³/mol. The quantitative estimate of drug-likeness (QED) is 0.0632. The number of aliphatic carboxylic acids is 1. The van der Waals surface area contributed by atoms with Crippen LogP contribution in [0, 0.1) is 17.8 Å². The van der Waals surface area contributed by atoms with Gasteiger partial charge in [0.25, 0.3) is 11.5 Å². The first-order chi connectivity index (χ1) is 28.0. The maximum atomic E-state index is 13.6. The summed E-state index contributed by atoms with van der Waals surface area (Å²) in [6, 6.07) is -1.71. The number of carbonyl (C=O) groups excluding carboxylic acids is 3. The Hall–Kier alpha value is -3.45. The number of aliphatic hydroxyl groups excluding tert-OH is 5. The normalized spacial score (nSPS) is 35.9. The molecule has 0 aromatic carbocycles. The van der Waals surface area contributed by atoms with Crippen LogP contribution in [0.4, 0.5) is 0 Å². The zero-order chi connectivity index (χ0) is 43.1. The number of esters is 1. The summed E-state index contributed by atoms with van der Waals surface area (Å²) in [5.74, 6) is -6.00. The van der Waals surface area contributed by atoms with E-state index in [0.29, 0.717) is 0 Å². The fourth-order valence-corrected chi connectivity index (χ4v) is 8.85. The molecule has 0 radical (unpaired) electrons. The van der Waals surface area contributed by atoms with E-state index in [4.69, 9.17) is 23.7 Å². The number of carboxylic acid groups (broad SMARTS) is 1. The lowest BCUT2D eigenvalue weighted by atomic mass is 9.72. The molecule has 0 spiro atoms. The van der Waals surface area contributed by atoms with Crippen molar-refractivity contribution in [2.24, 2.45) is 17.8 Å². The zero-order valence-electron chi connectivity index (χ0n) is 32.7. The van der Waals surface area contributed by atoms with E-state index in [9.17, 15) is 59.4 Å². The average Bonchev–Trinajstić information content (AvgIpc) is 3.21. The number of hydrogen-bond acceptors (Lipinski definition) is 17. The second kappa shape index (κ2) is 20.9. The Labute approximate surface area is 343 Å². The molecule has 0 bridgehead atoms. The van der Waals surface area contributed by atoms with Gasteiger partial charge in [0.15, 0.2) is 12.4 Å². The number of carboxylic acids is 1. The Bertz CT molecular complexity index is 1700. The fraction of sp³-hybridized carbons (Fsp3) is 0.784. The van der Waals surface area contributed by atoms with Crippen LogP contribution in [0.1, 0.15) is 75.2 Å². The molecule has 3 heterocycles. The second-order valence-electron chi connectivity index (χ2n) is 15.8. The van der Waals surface area contributed by atoms with Gasteiger partial charge in [-0.1, -0.05) is 32.1 Å². The van der Waals surface area contributed by atoms with Gasteiger partial charge in [-0.05, 0) is 38.5 Å². The SMILES string of the molecule is COC(=O)C1CC(O[C@@H]2O[C@@H](CO)C(O)C(O[C@@H](CC3CCCCC3)C(=O)O)C2NC(=O)CS)C(CC2OC(C)C(O)C(O)C2O)[C@H](NC(=O)c2cc(=O)[nH]c(=O)[nH]2)C1. The topological polar surface area (TPSA) is 326 Å². The van der Waals surface area contributed by atoms with Gasteiger partial charge in [0.2, 0.25) is 5.91 Å². The third kappa shape index (κ3) is 11.5. The van der Waals surface area contributed by atoms with Crippen LogP contribution in [0.3, 0.4) is 0 Å². The molecule has 4 fully saturated rings. The molecule has 2 aliphatic heterocycles. The van der Waals surface area contributed by atoms with Crippen molar-refractivity contribution in [3.8, 4) is 0 Å². The molecule has 59 heavy (non-hydrogen) atoms. The lowest BCUT2D eigenvalue weighted by molar-refractivity contribution is -0.301. The van der Waals surface area contributed by atoms with Crippen molar-refractivity contribution in [2.45, 2.75) is 144 Å². The number of aromatic amines is 2. The van der Waals surface area contributed by atoms with Gasteiger partial charge in [-0.25, -0.2) is 9.59 Å². The van der Waals surface area contributed by atoms with Crippen LogP contribution in [0.2, 0.25) is 0 Å². The molecule has 2 aliphatic carbocycles. The molecule has 22 heteroatoms. The van der Waals surface area contributed by atoms with Gasteiger partial charge in [0.1, 0.15) is 48.4 Å². The monoisotopic (exact) mass is 860 g/mol. The van der Waals surface area contributed by atoms with Crippen LogP contribution in [-0.4, -0.2) is 163 Å². The fourth-order valence-electron chi connectivity index (χ4n) is 8.76. The number of aromatic nitrogens is 2. The number of rotatable bonds is 15. The summed E-state index contributed by atoms with van der Waals surface area (Å²) in [4.78, 5) is 80.8. The second-order valence-corrected chi connectivity index (χ2v) is 16.1. The van der Waals surface area contributed by atoms with Gasteiger partial charge >= 0.3 is 17.6 Å². The van der Waals surface area contributed by atoms with Gasteiger partial charge in [-0.15, -0.1) is 0 Å². The van der Waals surface area contributed by atoms with Crippen molar-refractivity contribution >= 4 is 36.4 Å². The predicted octanol–water partition coefficient (Wildman–Crippen LogP) is -2.69. The number of nitrogens with one attached hydrogen (secondary N) is 4. The largest absolute Gasteiger partial charge is 0.479 e. The summed E-state index contributed by atoms with van der Waals surface area (Å²) in [5.41, 5.74) is -2.28. The summed E-state index contributed by atoms with van der Waals surface area (Å²) < 4.78 is 29.8. The molecule has 332 valence electrons. The van der Waals surface area contributed by atoms with E-state index in [2.05, 4.69) is 28.2 Å². The molecule has 2 amide bonds. The number of amides is 2. The molecule has 1 aromatic heterocycles. The molecule has 11 unspecified atom stereocenters.